The topological polar surface area (TPSA) is 85.3 Å². The fraction of sp³-hybridized carbons (Fsp3) is 0.857. The van der Waals surface area contributed by atoms with Gasteiger partial charge in [0.2, 0.25) is 0 Å². The van der Waals surface area contributed by atoms with Gasteiger partial charge in [0.15, 0.2) is 0 Å². The Morgan fingerprint density at radius 3 is 2.48 bits per heavy atom. The number of carbonyl (C=O) groups excluding carboxylic acids is 2. The van der Waals surface area contributed by atoms with E-state index in [0.29, 0.717) is 0 Å². The van der Waals surface area contributed by atoms with E-state index in [-0.39, 0.29) is 13.0 Å². The molecular formula is C14H25NO6. The molecule has 7 heteroatoms. The van der Waals surface area contributed by atoms with Crippen molar-refractivity contribution in [2.24, 2.45) is 0 Å². The number of ether oxygens (including phenoxy) is 3. The van der Waals surface area contributed by atoms with Crippen LogP contribution in [0.3, 0.4) is 0 Å². The summed E-state index contributed by atoms with van der Waals surface area (Å²) in [5, 5.41) is 10.2. The SMILES string of the molecule is COC(=O)C[C@H](O)[C@H]1COC(C)(C)N1C(=O)OC(C)(C)C. The van der Waals surface area contributed by atoms with Crippen molar-refractivity contribution >= 4 is 12.1 Å². The zero-order chi connectivity index (χ0) is 16.4. The molecule has 1 saturated heterocycles. The monoisotopic (exact) mass is 303 g/mol. The third kappa shape index (κ3) is 4.57. The summed E-state index contributed by atoms with van der Waals surface area (Å²) in [6.45, 7) is 8.83. The molecule has 0 spiro atoms. The average molecular weight is 303 g/mol. The number of methoxy groups -OCH3 is 1. The number of hydrogen-bond donors (Lipinski definition) is 1. The molecule has 0 aliphatic carbocycles. The Bertz CT molecular complexity index is 401. The van der Waals surface area contributed by atoms with Crippen LogP contribution in [0.25, 0.3) is 0 Å². The van der Waals surface area contributed by atoms with E-state index < -0.39 is 35.5 Å². The number of carbonyl (C=O) groups is 2. The molecule has 7 nitrogen and oxygen atoms in total. The van der Waals surface area contributed by atoms with E-state index in [0.717, 1.165) is 0 Å². The largest absolute Gasteiger partial charge is 0.469 e. The molecule has 2 atom stereocenters. The van der Waals surface area contributed by atoms with Crippen molar-refractivity contribution in [3.63, 3.8) is 0 Å². The van der Waals surface area contributed by atoms with Crippen LogP contribution < -0.4 is 0 Å². The molecule has 1 N–H and O–H groups in total. The summed E-state index contributed by atoms with van der Waals surface area (Å²) < 4.78 is 15.4. The number of hydrogen-bond acceptors (Lipinski definition) is 6. The predicted octanol–water partition coefficient (Wildman–Crippen LogP) is 1.28. The molecule has 1 heterocycles. The maximum Gasteiger partial charge on any atom is 0.412 e. The molecule has 1 fully saturated rings. The number of nitrogens with zero attached hydrogens (tertiary/aromatic N) is 1. The van der Waals surface area contributed by atoms with Gasteiger partial charge in [-0.2, -0.15) is 0 Å². The van der Waals surface area contributed by atoms with Crippen molar-refractivity contribution < 1.29 is 28.9 Å². The van der Waals surface area contributed by atoms with Gasteiger partial charge in [0.25, 0.3) is 0 Å². The predicted molar refractivity (Wildman–Crippen MR) is 74.5 cm³/mol. The summed E-state index contributed by atoms with van der Waals surface area (Å²) >= 11 is 0. The van der Waals surface area contributed by atoms with Gasteiger partial charge in [-0.15, -0.1) is 0 Å². The number of aliphatic hydroxyl groups excluding tert-OH is 1. The molecule has 1 aliphatic rings. The quantitative estimate of drug-likeness (QED) is 0.791. The van der Waals surface area contributed by atoms with Crippen molar-refractivity contribution in [3.05, 3.63) is 0 Å². The first-order valence-electron chi connectivity index (χ1n) is 6.89. The minimum absolute atomic E-state index is 0.129. The van der Waals surface area contributed by atoms with Gasteiger partial charge in [-0.1, -0.05) is 0 Å². The second kappa shape index (κ2) is 6.19. The summed E-state index contributed by atoms with van der Waals surface area (Å²) in [7, 11) is 1.25. The lowest BCUT2D eigenvalue weighted by molar-refractivity contribution is -0.144. The standard InChI is InChI=1S/C14H25NO6/c1-13(2,3)21-12(18)15-9(8-20-14(15,4)5)10(16)7-11(17)19-6/h9-10,16H,7-8H2,1-6H3/t9-,10+/m1/s1. The zero-order valence-electron chi connectivity index (χ0n) is 13.5. The Morgan fingerprint density at radius 1 is 1.43 bits per heavy atom. The van der Waals surface area contributed by atoms with Gasteiger partial charge in [0.1, 0.15) is 11.3 Å². The van der Waals surface area contributed by atoms with E-state index >= 15 is 0 Å². The maximum absolute atomic E-state index is 12.3. The van der Waals surface area contributed by atoms with Crippen LogP contribution in [0.1, 0.15) is 41.0 Å². The van der Waals surface area contributed by atoms with Gasteiger partial charge in [0, 0.05) is 0 Å². The van der Waals surface area contributed by atoms with Gasteiger partial charge < -0.3 is 19.3 Å². The van der Waals surface area contributed by atoms with E-state index in [2.05, 4.69) is 4.74 Å². The van der Waals surface area contributed by atoms with Crippen molar-refractivity contribution in [3.8, 4) is 0 Å². The zero-order valence-corrected chi connectivity index (χ0v) is 13.5. The molecule has 0 saturated carbocycles. The Hall–Kier alpha value is -1.34. The van der Waals surface area contributed by atoms with Gasteiger partial charge >= 0.3 is 12.1 Å². The van der Waals surface area contributed by atoms with Crippen LogP contribution in [0.15, 0.2) is 0 Å². The molecule has 1 aliphatic heterocycles. The lowest BCUT2D eigenvalue weighted by Gasteiger charge is -2.36. The molecular weight excluding hydrogens is 278 g/mol. The molecule has 0 aromatic rings. The first kappa shape index (κ1) is 17.7. The van der Waals surface area contributed by atoms with E-state index in [1.807, 2.05) is 0 Å². The van der Waals surface area contributed by atoms with E-state index in [1.54, 1.807) is 34.6 Å². The van der Waals surface area contributed by atoms with Crippen LogP contribution in [-0.4, -0.2) is 59.3 Å². The highest BCUT2D eigenvalue weighted by atomic mass is 16.6. The van der Waals surface area contributed by atoms with Gasteiger partial charge in [-0.3, -0.25) is 9.69 Å². The Labute approximate surface area is 125 Å². The third-order valence-electron chi connectivity index (χ3n) is 3.16. The average Bonchev–Trinajstić information content (AvgIpc) is 2.62. The highest BCUT2D eigenvalue weighted by Gasteiger charge is 2.48. The molecule has 21 heavy (non-hydrogen) atoms. The normalized spacial score (nSPS) is 22.8. The lowest BCUT2D eigenvalue weighted by atomic mass is 10.1. The third-order valence-corrected chi connectivity index (χ3v) is 3.16. The van der Waals surface area contributed by atoms with Crippen LogP contribution in [0.4, 0.5) is 4.79 Å². The number of esters is 1. The first-order chi connectivity index (χ1) is 9.48. The van der Waals surface area contributed by atoms with Crippen LogP contribution in [0.2, 0.25) is 0 Å². The van der Waals surface area contributed by atoms with E-state index in [1.165, 1.54) is 12.0 Å². The summed E-state index contributed by atoms with van der Waals surface area (Å²) in [5.74, 6) is -0.545. The Balaban J connectivity index is 2.88. The van der Waals surface area contributed by atoms with Gasteiger partial charge in [0.05, 0.1) is 32.3 Å². The minimum Gasteiger partial charge on any atom is -0.469 e. The van der Waals surface area contributed by atoms with Crippen molar-refractivity contribution in [1.29, 1.82) is 0 Å². The molecule has 122 valence electrons. The Kier molecular flexibility index (Phi) is 5.22. The summed E-state index contributed by atoms with van der Waals surface area (Å²) in [4.78, 5) is 25.0. The van der Waals surface area contributed by atoms with Crippen molar-refractivity contribution in [2.75, 3.05) is 13.7 Å². The van der Waals surface area contributed by atoms with Crippen molar-refractivity contribution in [2.45, 2.75) is 64.5 Å². The second-order valence-electron chi connectivity index (χ2n) is 6.52. The van der Waals surface area contributed by atoms with Gasteiger partial charge in [-0.05, 0) is 34.6 Å². The number of rotatable bonds is 3. The highest BCUT2D eigenvalue weighted by Crippen LogP contribution is 2.31. The second-order valence-corrected chi connectivity index (χ2v) is 6.52. The fourth-order valence-electron chi connectivity index (χ4n) is 2.17. The number of amides is 1. The molecule has 1 rings (SSSR count). The van der Waals surface area contributed by atoms with Crippen LogP contribution in [-0.2, 0) is 19.0 Å². The van der Waals surface area contributed by atoms with Crippen LogP contribution >= 0.6 is 0 Å². The first-order valence-corrected chi connectivity index (χ1v) is 6.89. The minimum atomic E-state index is -1.08. The highest BCUT2D eigenvalue weighted by molar-refractivity contribution is 5.71. The maximum atomic E-state index is 12.3. The van der Waals surface area contributed by atoms with Crippen LogP contribution in [0.5, 0.6) is 0 Å². The van der Waals surface area contributed by atoms with E-state index in [4.69, 9.17) is 9.47 Å². The van der Waals surface area contributed by atoms with Crippen molar-refractivity contribution in [1.82, 2.24) is 4.90 Å². The molecule has 1 amide bonds. The summed E-state index contributed by atoms with van der Waals surface area (Å²) in [5.41, 5.74) is -1.57. The summed E-state index contributed by atoms with van der Waals surface area (Å²) in [6, 6.07) is -0.658. The smallest absolute Gasteiger partial charge is 0.412 e. The van der Waals surface area contributed by atoms with Crippen LogP contribution in [0, 0.1) is 0 Å². The van der Waals surface area contributed by atoms with E-state index in [9.17, 15) is 14.7 Å². The lowest BCUT2D eigenvalue weighted by Crippen LogP contribution is -2.53. The number of aliphatic hydroxyl groups is 1. The molecule has 0 aromatic carbocycles. The van der Waals surface area contributed by atoms with Gasteiger partial charge in [-0.25, -0.2) is 4.79 Å². The molecule has 0 unspecified atom stereocenters. The fourth-order valence-corrected chi connectivity index (χ4v) is 2.17. The Morgan fingerprint density at radius 2 is 2.00 bits per heavy atom. The molecule has 0 bridgehead atoms. The molecule has 0 aromatic heterocycles. The molecule has 0 radical (unpaired) electrons. The summed E-state index contributed by atoms with van der Waals surface area (Å²) in [6.07, 6.45) is -1.87.